The van der Waals surface area contributed by atoms with Gasteiger partial charge in [-0.1, -0.05) is 12.1 Å². The van der Waals surface area contributed by atoms with E-state index < -0.39 is 6.61 Å². The Morgan fingerprint density at radius 3 is 2.26 bits per heavy atom. The highest BCUT2D eigenvalue weighted by molar-refractivity contribution is 5.79. The van der Waals surface area contributed by atoms with Crippen LogP contribution in [0.2, 0.25) is 0 Å². The lowest BCUT2D eigenvalue weighted by molar-refractivity contribution is -0.135. The molecule has 0 spiro atoms. The van der Waals surface area contributed by atoms with Gasteiger partial charge in [0.05, 0.1) is 26.3 Å². The summed E-state index contributed by atoms with van der Waals surface area (Å²) in [5, 5.41) is 2.88. The summed E-state index contributed by atoms with van der Waals surface area (Å²) in [6, 6.07) is 6.39. The highest BCUT2D eigenvalue weighted by atomic mass is 19.3. The number of carbonyl (C=O) groups is 2. The molecule has 0 bridgehead atoms. The van der Waals surface area contributed by atoms with Crippen molar-refractivity contribution in [3.63, 3.8) is 0 Å². The molecule has 0 saturated carbocycles. The van der Waals surface area contributed by atoms with Crippen LogP contribution in [0.25, 0.3) is 0 Å². The van der Waals surface area contributed by atoms with Gasteiger partial charge in [-0.25, -0.2) is 0 Å². The predicted molar refractivity (Wildman–Crippen MR) is 110 cm³/mol. The summed E-state index contributed by atoms with van der Waals surface area (Å²) >= 11 is 0. The van der Waals surface area contributed by atoms with Crippen molar-refractivity contribution in [2.75, 3.05) is 72.1 Å². The number of ether oxygens (including phenoxy) is 2. The summed E-state index contributed by atoms with van der Waals surface area (Å²) in [7, 11) is 0. The molecule has 1 N–H and O–H groups in total. The zero-order chi connectivity index (χ0) is 22.1. The first-order chi connectivity index (χ1) is 15.0. The van der Waals surface area contributed by atoms with Gasteiger partial charge in [0.15, 0.2) is 0 Å². The van der Waals surface area contributed by atoms with Crippen LogP contribution in [0.1, 0.15) is 5.56 Å². The second-order valence-corrected chi connectivity index (χ2v) is 7.67. The molecule has 3 rings (SSSR count). The van der Waals surface area contributed by atoms with Crippen LogP contribution in [-0.4, -0.2) is 105 Å². The van der Waals surface area contributed by atoms with Crippen molar-refractivity contribution in [1.82, 2.24) is 20.0 Å². The number of nitrogens with zero attached hydrogens (tertiary/aromatic N) is 3. The quantitative estimate of drug-likeness (QED) is 0.600. The maximum absolute atomic E-state index is 12.4. The Balaban J connectivity index is 1.29. The molecule has 0 unspecified atom stereocenters. The topological polar surface area (TPSA) is 74.4 Å². The molecule has 0 aliphatic carbocycles. The largest absolute Gasteiger partial charge is 0.435 e. The molecule has 2 amide bonds. The van der Waals surface area contributed by atoms with Crippen molar-refractivity contribution >= 4 is 11.8 Å². The first kappa shape index (κ1) is 23.4. The molecule has 1 aromatic carbocycles. The van der Waals surface area contributed by atoms with E-state index in [1.165, 1.54) is 12.1 Å². The van der Waals surface area contributed by atoms with Gasteiger partial charge in [-0.2, -0.15) is 8.78 Å². The third-order valence-electron chi connectivity index (χ3n) is 5.44. The SMILES string of the molecule is O=C(CN1CCN(C(=O)CN2CCOCC2)CC1)NCCc1ccc(OC(F)F)cc1. The molecule has 0 radical (unpaired) electrons. The van der Waals surface area contributed by atoms with Gasteiger partial charge in [0.1, 0.15) is 5.75 Å². The van der Waals surface area contributed by atoms with Crippen molar-refractivity contribution in [3.8, 4) is 5.75 Å². The van der Waals surface area contributed by atoms with Crippen molar-refractivity contribution in [1.29, 1.82) is 0 Å². The Hall–Kier alpha value is -2.30. The number of piperazine rings is 1. The van der Waals surface area contributed by atoms with Crippen molar-refractivity contribution in [2.45, 2.75) is 13.0 Å². The molecule has 31 heavy (non-hydrogen) atoms. The minimum absolute atomic E-state index is 0.0641. The Morgan fingerprint density at radius 1 is 0.968 bits per heavy atom. The molecule has 2 fully saturated rings. The number of rotatable bonds is 9. The third-order valence-corrected chi connectivity index (χ3v) is 5.44. The molecular formula is C21H30F2N4O4. The van der Waals surface area contributed by atoms with E-state index >= 15 is 0 Å². The van der Waals surface area contributed by atoms with Gasteiger partial charge in [-0.3, -0.25) is 19.4 Å². The van der Waals surface area contributed by atoms with Crippen LogP contribution >= 0.6 is 0 Å². The monoisotopic (exact) mass is 440 g/mol. The van der Waals surface area contributed by atoms with Crippen LogP contribution in [0.3, 0.4) is 0 Å². The van der Waals surface area contributed by atoms with Crippen LogP contribution < -0.4 is 10.1 Å². The first-order valence-corrected chi connectivity index (χ1v) is 10.6. The number of nitrogens with one attached hydrogen (secondary N) is 1. The third kappa shape index (κ3) is 8.04. The fourth-order valence-corrected chi connectivity index (χ4v) is 3.65. The van der Waals surface area contributed by atoms with Crippen molar-refractivity contribution in [3.05, 3.63) is 29.8 Å². The molecule has 2 aliphatic heterocycles. The lowest BCUT2D eigenvalue weighted by Gasteiger charge is -2.36. The van der Waals surface area contributed by atoms with Gasteiger partial charge in [0.25, 0.3) is 0 Å². The highest BCUT2D eigenvalue weighted by Crippen LogP contribution is 2.15. The van der Waals surface area contributed by atoms with E-state index in [2.05, 4.69) is 15.0 Å². The standard InChI is InChI=1S/C21H30F2N4O4/c22-21(23)31-18-3-1-17(2-4-18)5-6-24-19(28)15-25-7-9-27(10-8-25)20(29)16-26-11-13-30-14-12-26/h1-4,21H,5-16H2,(H,24,28). The smallest absolute Gasteiger partial charge is 0.387 e. The van der Waals surface area contributed by atoms with E-state index in [0.717, 1.165) is 18.7 Å². The summed E-state index contributed by atoms with van der Waals surface area (Å²) in [5.41, 5.74) is 0.925. The van der Waals surface area contributed by atoms with Crippen molar-refractivity contribution < 1.29 is 27.8 Å². The van der Waals surface area contributed by atoms with Gasteiger partial charge >= 0.3 is 6.61 Å². The minimum atomic E-state index is -2.84. The number of morpholine rings is 1. The number of carbonyl (C=O) groups excluding carboxylic acids is 2. The lowest BCUT2D eigenvalue weighted by Crippen LogP contribution is -2.53. The van der Waals surface area contributed by atoms with Gasteiger partial charge < -0.3 is 19.7 Å². The van der Waals surface area contributed by atoms with E-state index in [9.17, 15) is 18.4 Å². The second-order valence-electron chi connectivity index (χ2n) is 7.67. The molecule has 0 aromatic heterocycles. The zero-order valence-corrected chi connectivity index (χ0v) is 17.6. The minimum Gasteiger partial charge on any atom is -0.435 e. The summed E-state index contributed by atoms with van der Waals surface area (Å²) < 4.78 is 33.9. The van der Waals surface area contributed by atoms with Crippen LogP contribution in [0, 0.1) is 0 Å². The fourth-order valence-electron chi connectivity index (χ4n) is 3.65. The maximum Gasteiger partial charge on any atom is 0.387 e. The van der Waals surface area contributed by atoms with Gasteiger partial charge in [0, 0.05) is 45.8 Å². The Bertz CT molecular complexity index is 706. The molecule has 172 valence electrons. The fraction of sp³-hybridized carbons (Fsp3) is 0.619. The maximum atomic E-state index is 12.4. The van der Waals surface area contributed by atoms with Crippen LogP contribution in [0.4, 0.5) is 8.78 Å². The average Bonchev–Trinajstić information content (AvgIpc) is 2.76. The number of hydrogen-bond acceptors (Lipinski definition) is 6. The normalized spacial score (nSPS) is 18.2. The number of hydrogen-bond donors (Lipinski definition) is 1. The van der Waals surface area contributed by atoms with Crippen LogP contribution in [-0.2, 0) is 20.7 Å². The Labute approximate surface area is 181 Å². The molecule has 0 atom stereocenters. The van der Waals surface area contributed by atoms with E-state index in [1.807, 2.05) is 9.80 Å². The molecule has 1 aromatic rings. The van der Waals surface area contributed by atoms with Crippen molar-refractivity contribution in [2.24, 2.45) is 0 Å². The zero-order valence-electron chi connectivity index (χ0n) is 17.6. The molecule has 8 nitrogen and oxygen atoms in total. The average molecular weight is 440 g/mol. The van der Waals surface area contributed by atoms with E-state index in [0.29, 0.717) is 65.4 Å². The molecule has 2 aliphatic rings. The number of amides is 2. The lowest BCUT2D eigenvalue weighted by atomic mass is 10.1. The predicted octanol–water partition coefficient (Wildman–Crippen LogP) is 0.423. The van der Waals surface area contributed by atoms with E-state index in [-0.39, 0.29) is 17.6 Å². The Morgan fingerprint density at radius 2 is 1.61 bits per heavy atom. The number of alkyl halides is 2. The molecular weight excluding hydrogens is 410 g/mol. The first-order valence-electron chi connectivity index (χ1n) is 10.6. The number of halogens is 2. The van der Waals surface area contributed by atoms with E-state index in [1.54, 1.807) is 12.1 Å². The second kappa shape index (κ2) is 11.9. The molecule has 10 heteroatoms. The van der Waals surface area contributed by atoms with Crippen LogP contribution in [0.15, 0.2) is 24.3 Å². The Kier molecular flexibility index (Phi) is 8.98. The summed E-state index contributed by atoms with van der Waals surface area (Å²) in [6.07, 6.45) is 0.602. The number of benzene rings is 1. The van der Waals surface area contributed by atoms with E-state index in [4.69, 9.17) is 4.74 Å². The van der Waals surface area contributed by atoms with Crippen LogP contribution in [0.5, 0.6) is 5.75 Å². The van der Waals surface area contributed by atoms with Gasteiger partial charge in [0.2, 0.25) is 11.8 Å². The van der Waals surface area contributed by atoms with Gasteiger partial charge in [-0.15, -0.1) is 0 Å². The summed E-state index contributed by atoms with van der Waals surface area (Å²) in [4.78, 5) is 30.7. The molecule has 2 heterocycles. The summed E-state index contributed by atoms with van der Waals surface area (Å²) in [5.74, 6) is 0.187. The molecule has 2 saturated heterocycles. The van der Waals surface area contributed by atoms with Gasteiger partial charge in [-0.05, 0) is 24.1 Å². The highest BCUT2D eigenvalue weighted by Gasteiger charge is 2.24. The summed E-state index contributed by atoms with van der Waals surface area (Å²) in [6.45, 7) is 3.89.